The van der Waals surface area contributed by atoms with Crippen LogP contribution in [-0.4, -0.2) is 27.6 Å². The van der Waals surface area contributed by atoms with Gasteiger partial charge in [-0.15, -0.1) is 0 Å². The molecule has 92 valence electrons. The fourth-order valence-corrected chi connectivity index (χ4v) is 12.4. The molecule has 1 saturated carbocycles. The van der Waals surface area contributed by atoms with Crippen LogP contribution in [0.25, 0.3) is 0 Å². The molecule has 1 aliphatic rings. The first-order chi connectivity index (χ1) is 7.90. The van der Waals surface area contributed by atoms with Gasteiger partial charge in [0.05, 0.1) is 0 Å². The van der Waals surface area contributed by atoms with Crippen LogP contribution >= 0.6 is 15.9 Å². The van der Waals surface area contributed by atoms with E-state index in [1.165, 1.54) is 28.5 Å². The van der Waals surface area contributed by atoms with E-state index >= 15 is 0 Å². The van der Waals surface area contributed by atoms with E-state index in [1.54, 1.807) is 0 Å². The molecule has 1 aromatic rings. The number of hydrogen-bond acceptors (Lipinski definition) is 2. The summed E-state index contributed by atoms with van der Waals surface area (Å²) in [5, 5.41) is 0. The fraction of sp³-hybridized carbons (Fsp3) is 0.462. The van der Waals surface area contributed by atoms with Gasteiger partial charge in [-0.3, -0.25) is 0 Å². The zero-order valence-corrected chi connectivity index (χ0v) is 15.9. The van der Waals surface area contributed by atoms with E-state index in [0.717, 1.165) is 4.47 Å². The van der Waals surface area contributed by atoms with Crippen molar-refractivity contribution < 1.29 is 7.48 Å². The van der Waals surface area contributed by atoms with Crippen molar-refractivity contribution >= 4 is 46.6 Å². The van der Waals surface area contributed by atoms with E-state index < -0.39 is 21.6 Å². The summed E-state index contributed by atoms with van der Waals surface area (Å²) in [6.07, 6.45) is 2.55. The molecular weight excluding hydrogens is 475 g/mol. The van der Waals surface area contributed by atoms with Crippen LogP contribution < -0.4 is 3.12 Å². The van der Waals surface area contributed by atoms with Gasteiger partial charge in [0.15, 0.2) is 0 Å². The van der Waals surface area contributed by atoms with Crippen molar-refractivity contribution in [3.8, 4) is 0 Å². The van der Waals surface area contributed by atoms with Crippen LogP contribution in [0, 0.1) is 0 Å². The monoisotopic (exact) mass is 492 g/mol. The normalized spacial score (nSPS) is 15.8. The van der Waals surface area contributed by atoms with Gasteiger partial charge in [-0.2, -0.15) is 0 Å². The Morgan fingerprint density at radius 2 is 2.06 bits per heavy atom. The van der Waals surface area contributed by atoms with Gasteiger partial charge in [-0.05, 0) is 0 Å². The van der Waals surface area contributed by atoms with Crippen molar-refractivity contribution in [2.45, 2.75) is 34.6 Å². The van der Waals surface area contributed by atoms with Crippen molar-refractivity contribution in [2.24, 2.45) is 0 Å². The quantitative estimate of drug-likeness (QED) is 0.606. The summed E-state index contributed by atoms with van der Waals surface area (Å²) >= 11 is 0.464. The number of carbonyl (C=O) groups is 1. The zero-order chi connectivity index (χ0) is 12.6. The Kier molecular flexibility index (Phi) is 3.97. The van der Waals surface area contributed by atoms with Gasteiger partial charge in [0.25, 0.3) is 0 Å². The van der Waals surface area contributed by atoms with Crippen molar-refractivity contribution in [1.82, 2.24) is 0 Å². The van der Waals surface area contributed by atoms with Gasteiger partial charge in [-0.25, -0.2) is 0 Å². The first-order valence-corrected chi connectivity index (χ1v) is 18.0. The molecule has 0 aromatic heterocycles. The number of rotatable bonds is 3. The number of benzene rings is 1. The molecule has 1 fully saturated rings. The fourth-order valence-electron chi connectivity index (χ4n) is 2.21. The minimum atomic E-state index is -3.06. The Balaban J connectivity index is 2.41. The van der Waals surface area contributed by atoms with E-state index in [0.29, 0.717) is 5.92 Å². The third-order valence-corrected chi connectivity index (χ3v) is 13.4. The number of halogens is 1. The maximum absolute atomic E-state index is 11.2. The summed E-state index contributed by atoms with van der Waals surface area (Å²) in [5.74, 6) is 0.561. The molecule has 0 atom stereocenters. The van der Waals surface area contributed by atoms with Crippen LogP contribution in [0.2, 0.25) is 8.97 Å². The standard InChI is InChI=1S/C9H8Br.C2H4O2.2CH3.Pb/c10-9-5-3-8(4-6-9)7-1-2-7;1-2(3)4;;;/h3,5-7H,1-2H2;1H3,(H,3,4);2*1H3;/q;;;;+1/p-1. The first kappa shape index (κ1) is 13.5. The Labute approximate surface area is 116 Å². The van der Waals surface area contributed by atoms with E-state index in [2.05, 4.69) is 43.1 Å². The molecule has 17 heavy (non-hydrogen) atoms. The summed E-state index contributed by atoms with van der Waals surface area (Å²) in [5.41, 5.74) is 1.42. The summed E-state index contributed by atoms with van der Waals surface area (Å²) < 4.78 is 12.4. The molecule has 0 heterocycles. The van der Waals surface area contributed by atoms with E-state index in [4.69, 9.17) is 2.69 Å². The van der Waals surface area contributed by atoms with Crippen LogP contribution in [0.4, 0.5) is 0 Å². The van der Waals surface area contributed by atoms with Crippen molar-refractivity contribution in [3.05, 3.63) is 28.2 Å². The SMILES string of the molecule is CC(=O)[O][Pb]([CH3])([CH3])[c]1cc(Br)ccc1C1CC1. The van der Waals surface area contributed by atoms with Gasteiger partial charge in [0, 0.05) is 0 Å². The molecule has 0 amide bonds. The third-order valence-electron chi connectivity index (χ3n) is 3.08. The third kappa shape index (κ3) is 3.31. The molecule has 4 heteroatoms. The minimum absolute atomic E-state index is 0.140. The van der Waals surface area contributed by atoms with Crippen LogP contribution in [0.1, 0.15) is 31.2 Å². The number of carbonyl (C=O) groups excluding carboxylic acids is 1. The average Bonchev–Trinajstić information content (AvgIpc) is 2.99. The molecule has 0 unspecified atom stereocenters. The molecule has 0 saturated heterocycles. The summed E-state index contributed by atoms with van der Waals surface area (Å²) in [6.45, 7) is 1.51. The molecular formula is C13H17BrO2Pb. The second kappa shape index (κ2) is 4.99. The van der Waals surface area contributed by atoms with Gasteiger partial charge in [0.1, 0.15) is 0 Å². The Bertz CT molecular complexity index is 453. The van der Waals surface area contributed by atoms with Gasteiger partial charge in [0.2, 0.25) is 0 Å². The Morgan fingerprint density at radius 3 is 2.59 bits per heavy atom. The topological polar surface area (TPSA) is 26.3 Å². The molecule has 1 aliphatic carbocycles. The second-order valence-corrected chi connectivity index (χ2v) is 20.7. The Morgan fingerprint density at radius 1 is 1.41 bits per heavy atom. The number of hydrogen-bond donors (Lipinski definition) is 0. The van der Waals surface area contributed by atoms with Gasteiger partial charge >= 0.3 is 117 Å². The summed E-state index contributed by atoms with van der Waals surface area (Å²) in [4.78, 5) is 11.2. The molecule has 0 bridgehead atoms. The van der Waals surface area contributed by atoms with E-state index in [9.17, 15) is 4.79 Å². The second-order valence-electron chi connectivity index (χ2n) is 5.11. The van der Waals surface area contributed by atoms with Gasteiger partial charge < -0.3 is 0 Å². The Hall–Kier alpha value is 0.0921. The van der Waals surface area contributed by atoms with Crippen molar-refractivity contribution in [3.63, 3.8) is 0 Å². The predicted molar refractivity (Wildman–Crippen MR) is 75.0 cm³/mol. The molecule has 2 nitrogen and oxygen atoms in total. The molecule has 2 rings (SSSR count). The summed E-state index contributed by atoms with van der Waals surface area (Å²) in [6, 6.07) is 6.45. The zero-order valence-electron chi connectivity index (χ0n) is 10.4. The average molecular weight is 492 g/mol. The molecule has 0 radical (unpaired) electrons. The van der Waals surface area contributed by atoms with Crippen molar-refractivity contribution in [2.75, 3.05) is 0 Å². The molecule has 0 aliphatic heterocycles. The van der Waals surface area contributed by atoms with E-state index in [-0.39, 0.29) is 5.97 Å². The maximum atomic E-state index is 11.2. The van der Waals surface area contributed by atoms with Crippen LogP contribution in [-0.2, 0) is 7.48 Å². The van der Waals surface area contributed by atoms with Gasteiger partial charge in [-0.1, -0.05) is 0 Å². The van der Waals surface area contributed by atoms with Crippen molar-refractivity contribution in [1.29, 1.82) is 0 Å². The van der Waals surface area contributed by atoms with Crippen LogP contribution in [0.5, 0.6) is 0 Å². The first-order valence-electron chi connectivity index (χ1n) is 5.89. The molecule has 1 aromatic carbocycles. The predicted octanol–water partition coefficient (Wildman–Crippen LogP) is 3.30. The van der Waals surface area contributed by atoms with Crippen LogP contribution in [0.3, 0.4) is 0 Å². The molecule has 0 N–H and O–H groups in total. The molecule has 0 spiro atoms. The van der Waals surface area contributed by atoms with E-state index in [1.807, 2.05) is 0 Å². The van der Waals surface area contributed by atoms with Crippen LogP contribution in [0.15, 0.2) is 22.7 Å². The summed E-state index contributed by atoms with van der Waals surface area (Å²) in [7, 11) is 0.